The van der Waals surface area contributed by atoms with Crippen molar-refractivity contribution < 1.29 is 9.13 Å². The molecule has 0 bridgehead atoms. The van der Waals surface area contributed by atoms with Crippen LogP contribution < -0.4 is 30.4 Å². The van der Waals surface area contributed by atoms with Crippen LogP contribution >= 0.6 is 0 Å². The molecule has 0 aliphatic carbocycles. The summed E-state index contributed by atoms with van der Waals surface area (Å²) in [6.45, 7) is 6.20. The molecular weight excluding hydrogens is 412 g/mol. The lowest BCUT2D eigenvalue weighted by Gasteiger charge is -2.27. The molecule has 0 radical (unpaired) electrons. The normalized spacial score (nSPS) is 18.3. The maximum atomic E-state index is 5.93. The summed E-state index contributed by atoms with van der Waals surface area (Å²) >= 11 is 0. The Balaban J connectivity index is 1.24. The van der Waals surface area contributed by atoms with Crippen LogP contribution in [0.5, 0.6) is 0 Å². The van der Waals surface area contributed by atoms with Crippen molar-refractivity contribution in [3.8, 4) is 0 Å². The number of aromatic nitrogens is 4. The molecule has 2 unspecified atom stereocenters. The maximum Gasteiger partial charge on any atom is 0.243 e. The average Bonchev–Trinajstić information content (AvgIpc) is 3.52. The number of nitrogens with one attached hydrogen (secondary N) is 2. The van der Waals surface area contributed by atoms with Crippen molar-refractivity contribution in [2.45, 2.75) is 44.4 Å². The Hall–Kier alpha value is -2.84. The summed E-state index contributed by atoms with van der Waals surface area (Å²) < 4.78 is 8.66. The van der Waals surface area contributed by atoms with Crippen molar-refractivity contribution >= 4 is 11.4 Å². The van der Waals surface area contributed by atoms with Crippen molar-refractivity contribution in [2.75, 3.05) is 36.8 Å². The van der Waals surface area contributed by atoms with Gasteiger partial charge in [0.2, 0.25) is 12.7 Å². The molecule has 1 aromatic carbocycles. The summed E-state index contributed by atoms with van der Waals surface area (Å²) in [6.07, 6.45) is 16.1. The van der Waals surface area contributed by atoms with Crippen LogP contribution in [0.25, 0.3) is 0 Å². The lowest BCUT2D eigenvalue weighted by molar-refractivity contribution is -0.671. The largest absolute Gasteiger partial charge is 0.399 e. The number of nitrogens with zero attached hydrogens (tertiary/aromatic N) is 5. The molecule has 1 fully saturated rings. The Morgan fingerprint density at radius 3 is 2.18 bits per heavy atom. The monoisotopic (exact) mass is 452 g/mol. The van der Waals surface area contributed by atoms with Crippen LogP contribution in [0.4, 0.5) is 11.4 Å². The highest BCUT2D eigenvalue weighted by Crippen LogP contribution is 2.26. The van der Waals surface area contributed by atoms with E-state index in [1.807, 2.05) is 12.1 Å². The molecule has 3 heterocycles. The van der Waals surface area contributed by atoms with Gasteiger partial charge in [0.15, 0.2) is 0 Å². The highest BCUT2D eigenvalue weighted by atomic mass is 15.2. The van der Waals surface area contributed by atoms with Crippen LogP contribution in [0.1, 0.15) is 19.3 Å². The van der Waals surface area contributed by atoms with Crippen molar-refractivity contribution in [3.05, 3.63) is 61.7 Å². The Kier molecular flexibility index (Phi) is 8.01. The van der Waals surface area contributed by atoms with E-state index in [1.54, 1.807) is 0 Å². The molecule has 2 atom stereocenters. The number of hydrogen-bond acceptors (Lipinski definition) is 4. The molecule has 33 heavy (non-hydrogen) atoms. The summed E-state index contributed by atoms with van der Waals surface area (Å²) in [7, 11) is 4.12. The predicted molar refractivity (Wildman–Crippen MR) is 132 cm³/mol. The number of anilines is 2. The third-order valence-electron chi connectivity index (χ3n) is 6.46. The van der Waals surface area contributed by atoms with Gasteiger partial charge in [-0.25, -0.2) is 18.3 Å². The number of aryl methyl sites for hydroxylation is 4. The second-order valence-corrected chi connectivity index (χ2v) is 9.33. The van der Waals surface area contributed by atoms with Gasteiger partial charge in [-0.2, -0.15) is 0 Å². The van der Waals surface area contributed by atoms with Crippen molar-refractivity contribution in [1.29, 1.82) is 0 Å². The van der Waals surface area contributed by atoms with E-state index in [1.165, 1.54) is 5.69 Å². The van der Waals surface area contributed by atoms with Crippen molar-refractivity contribution in [2.24, 2.45) is 14.1 Å². The zero-order valence-corrected chi connectivity index (χ0v) is 20.1. The van der Waals surface area contributed by atoms with Gasteiger partial charge >= 0.3 is 0 Å². The van der Waals surface area contributed by atoms with E-state index in [-0.39, 0.29) is 0 Å². The van der Waals surface area contributed by atoms with E-state index in [2.05, 4.69) is 97.5 Å². The fourth-order valence-electron chi connectivity index (χ4n) is 4.73. The van der Waals surface area contributed by atoms with Crippen molar-refractivity contribution in [3.63, 3.8) is 0 Å². The van der Waals surface area contributed by atoms with E-state index >= 15 is 0 Å². The molecule has 1 aliphatic heterocycles. The second kappa shape index (κ2) is 11.3. The third kappa shape index (κ3) is 6.82. The van der Waals surface area contributed by atoms with E-state index in [9.17, 15) is 0 Å². The summed E-state index contributed by atoms with van der Waals surface area (Å²) in [5, 5.41) is 7.51. The zero-order chi connectivity index (χ0) is 23.0. The standard InChI is InChI=1S/C25H40N8/c1-29-13-15-31(20-29)11-3-9-27-18-25-17-23(19-33(25)24-7-5-22(26)6-8-24)28-10-4-12-32-16-14-30(2)21-32/h5-8,13-16,20-21,23,25,27-28H,3-4,9-12,17-19,26H2,1-2H3/q+2. The van der Waals surface area contributed by atoms with Gasteiger partial charge in [-0.3, -0.25) is 0 Å². The molecule has 1 saturated heterocycles. The van der Waals surface area contributed by atoms with Gasteiger partial charge in [-0.15, -0.1) is 0 Å². The van der Waals surface area contributed by atoms with Crippen LogP contribution in [0.2, 0.25) is 0 Å². The molecule has 8 heteroatoms. The fourth-order valence-corrected chi connectivity index (χ4v) is 4.73. The van der Waals surface area contributed by atoms with Gasteiger partial charge in [0.1, 0.15) is 24.8 Å². The Labute approximate surface area is 197 Å². The molecule has 3 aromatic rings. The smallest absolute Gasteiger partial charge is 0.243 e. The molecule has 8 nitrogen and oxygen atoms in total. The fraction of sp³-hybridized carbons (Fsp3) is 0.520. The predicted octanol–water partition coefficient (Wildman–Crippen LogP) is 0.828. The highest BCUT2D eigenvalue weighted by molar-refractivity contribution is 5.54. The van der Waals surface area contributed by atoms with E-state index in [0.717, 1.165) is 64.2 Å². The van der Waals surface area contributed by atoms with Gasteiger partial charge in [0, 0.05) is 36.5 Å². The van der Waals surface area contributed by atoms with Crippen LogP contribution in [0, 0.1) is 0 Å². The summed E-state index contributed by atoms with van der Waals surface area (Å²) in [5.41, 5.74) is 8.01. The lowest BCUT2D eigenvalue weighted by Crippen LogP contribution is -2.38. The Morgan fingerprint density at radius 1 is 0.939 bits per heavy atom. The molecule has 1 aliphatic rings. The molecule has 4 rings (SSSR count). The average molecular weight is 453 g/mol. The van der Waals surface area contributed by atoms with E-state index in [4.69, 9.17) is 5.73 Å². The van der Waals surface area contributed by atoms with Gasteiger partial charge in [0.05, 0.1) is 27.2 Å². The number of imidazole rings is 2. The number of nitrogens with two attached hydrogens (primary N) is 1. The quantitative estimate of drug-likeness (QED) is 0.216. The highest BCUT2D eigenvalue weighted by Gasteiger charge is 2.31. The zero-order valence-electron chi connectivity index (χ0n) is 20.1. The molecule has 2 aromatic heterocycles. The van der Waals surface area contributed by atoms with Crippen LogP contribution in [-0.2, 0) is 27.2 Å². The minimum absolute atomic E-state index is 0.485. The first-order valence-corrected chi connectivity index (χ1v) is 12.1. The SMILES string of the molecule is C[n+]1ccn(CCCNCC2CC(NCCCn3cc[n+](C)c3)CN2c2ccc(N)cc2)c1. The van der Waals surface area contributed by atoms with Gasteiger partial charge < -0.3 is 21.3 Å². The number of benzene rings is 1. The summed E-state index contributed by atoms with van der Waals surface area (Å²) in [5.74, 6) is 0. The molecule has 0 saturated carbocycles. The van der Waals surface area contributed by atoms with Crippen LogP contribution in [-0.4, -0.2) is 47.4 Å². The maximum absolute atomic E-state index is 5.93. The van der Waals surface area contributed by atoms with E-state index in [0.29, 0.717) is 12.1 Å². The second-order valence-electron chi connectivity index (χ2n) is 9.33. The number of hydrogen-bond donors (Lipinski definition) is 3. The molecule has 178 valence electrons. The van der Waals surface area contributed by atoms with Gasteiger partial charge in [-0.05, 0) is 56.6 Å². The lowest BCUT2D eigenvalue weighted by atomic mass is 10.1. The summed E-state index contributed by atoms with van der Waals surface area (Å²) in [4.78, 5) is 2.54. The number of nitrogen functional groups attached to an aromatic ring is 1. The molecular formula is C25H40N8+2. The van der Waals surface area contributed by atoms with Gasteiger partial charge in [0.25, 0.3) is 0 Å². The molecule has 4 N–H and O–H groups in total. The third-order valence-corrected chi connectivity index (χ3v) is 6.46. The van der Waals surface area contributed by atoms with Crippen LogP contribution in [0.15, 0.2) is 61.7 Å². The first-order chi connectivity index (χ1) is 16.1. The molecule has 0 amide bonds. The van der Waals surface area contributed by atoms with E-state index < -0.39 is 0 Å². The number of rotatable bonds is 12. The Bertz CT molecular complexity index is 976. The molecule has 0 spiro atoms. The first-order valence-electron chi connectivity index (χ1n) is 12.1. The Morgan fingerprint density at radius 2 is 1.58 bits per heavy atom. The summed E-state index contributed by atoms with van der Waals surface area (Å²) in [6, 6.07) is 9.32. The van der Waals surface area contributed by atoms with Gasteiger partial charge in [-0.1, -0.05) is 0 Å². The first kappa shape index (κ1) is 23.3. The topological polar surface area (TPSA) is 70.9 Å². The minimum atomic E-state index is 0.485. The van der Waals surface area contributed by atoms with Crippen molar-refractivity contribution in [1.82, 2.24) is 19.8 Å². The van der Waals surface area contributed by atoms with Crippen LogP contribution in [0.3, 0.4) is 0 Å². The minimum Gasteiger partial charge on any atom is -0.399 e.